The maximum absolute atomic E-state index is 10.8. The first-order valence-electron chi connectivity index (χ1n) is 5.07. The van der Waals surface area contributed by atoms with E-state index in [4.69, 9.17) is 4.74 Å². The molecule has 82 valence electrons. The van der Waals surface area contributed by atoms with Crippen LogP contribution in [0.3, 0.4) is 0 Å². The highest BCUT2D eigenvalue weighted by molar-refractivity contribution is 8.12. The number of carbonyl (C=O) groups excluding carboxylic acids is 1. The van der Waals surface area contributed by atoms with Gasteiger partial charge in [0.05, 0.1) is 6.61 Å². The average Bonchev–Trinajstić information content (AvgIpc) is 2.24. The van der Waals surface area contributed by atoms with Crippen molar-refractivity contribution >= 4 is 16.9 Å². The predicted octanol–water partition coefficient (Wildman–Crippen LogP) is 3.26. The van der Waals surface area contributed by atoms with E-state index < -0.39 is 0 Å². The van der Waals surface area contributed by atoms with Gasteiger partial charge in [-0.2, -0.15) is 0 Å². The van der Waals surface area contributed by atoms with Crippen LogP contribution in [0.1, 0.15) is 25.8 Å². The third-order valence-corrected chi connectivity index (χ3v) is 2.70. The minimum atomic E-state index is 0.148. The number of carbonyl (C=O) groups is 1. The van der Waals surface area contributed by atoms with E-state index >= 15 is 0 Å². The molecule has 0 aromatic heterocycles. The number of ether oxygens (including phenoxy) is 1. The van der Waals surface area contributed by atoms with Crippen molar-refractivity contribution in [3.8, 4) is 5.75 Å². The number of thioether (sulfide) groups is 1. The van der Waals surface area contributed by atoms with E-state index in [-0.39, 0.29) is 5.12 Å². The number of hydrogen-bond donors (Lipinski definition) is 0. The van der Waals surface area contributed by atoms with Gasteiger partial charge in [-0.1, -0.05) is 30.8 Å². The van der Waals surface area contributed by atoms with Crippen LogP contribution < -0.4 is 4.74 Å². The van der Waals surface area contributed by atoms with E-state index in [2.05, 4.69) is 6.92 Å². The molecule has 0 amide bonds. The molecule has 0 unspecified atom stereocenters. The summed E-state index contributed by atoms with van der Waals surface area (Å²) in [6.45, 7) is 4.40. The van der Waals surface area contributed by atoms with Gasteiger partial charge in [0.25, 0.3) is 0 Å². The minimum absolute atomic E-state index is 0.148. The van der Waals surface area contributed by atoms with Crippen LogP contribution in [0.15, 0.2) is 24.3 Å². The second-order valence-corrected chi connectivity index (χ2v) is 4.43. The predicted molar refractivity (Wildman–Crippen MR) is 64.2 cm³/mol. The summed E-state index contributed by atoms with van der Waals surface area (Å²) in [7, 11) is 0. The minimum Gasteiger partial charge on any atom is -0.494 e. The van der Waals surface area contributed by atoms with Gasteiger partial charge in [0.1, 0.15) is 5.75 Å². The smallest absolute Gasteiger partial charge is 0.186 e. The van der Waals surface area contributed by atoms with Crippen molar-refractivity contribution in [3.05, 3.63) is 29.8 Å². The summed E-state index contributed by atoms with van der Waals surface area (Å²) < 4.78 is 5.51. The first-order chi connectivity index (χ1) is 7.22. The second kappa shape index (κ2) is 6.51. The van der Waals surface area contributed by atoms with Gasteiger partial charge in [0.15, 0.2) is 5.12 Å². The Morgan fingerprint density at radius 3 is 2.93 bits per heavy atom. The van der Waals surface area contributed by atoms with Crippen molar-refractivity contribution in [3.63, 3.8) is 0 Å². The van der Waals surface area contributed by atoms with Gasteiger partial charge in [0.2, 0.25) is 0 Å². The number of hydrogen-bond acceptors (Lipinski definition) is 3. The molecule has 2 nitrogen and oxygen atoms in total. The lowest BCUT2D eigenvalue weighted by Crippen LogP contribution is -1.95. The van der Waals surface area contributed by atoms with Gasteiger partial charge >= 0.3 is 0 Å². The van der Waals surface area contributed by atoms with E-state index in [0.29, 0.717) is 0 Å². The molecule has 0 aliphatic rings. The lowest BCUT2D eigenvalue weighted by Gasteiger charge is -2.06. The Hall–Kier alpha value is -0.960. The molecule has 0 bridgehead atoms. The zero-order valence-electron chi connectivity index (χ0n) is 9.16. The van der Waals surface area contributed by atoms with Crippen molar-refractivity contribution in [2.45, 2.75) is 26.0 Å². The van der Waals surface area contributed by atoms with Crippen LogP contribution in [0.25, 0.3) is 0 Å². The van der Waals surface area contributed by atoms with E-state index in [1.54, 1.807) is 6.92 Å². The van der Waals surface area contributed by atoms with Crippen molar-refractivity contribution in [1.29, 1.82) is 0 Å². The molecule has 3 heteroatoms. The Bertz CT molecular complexity index is 323. The van der Waals surface area contributed by atoms with E-state index in [9.17, 15) is 4.79 Å². The van der Waals surface area contributed by atoms with Gasteiger partial charge in [-0.15, -0.1) is 0 Å². The van der Waals surface area contributed by atoms with Gasteiger partial charge in [-0.25, -0.2) is 0 Å². The monoisotopic (exact) mass is 224 g/mol. The third kappa shape index (κ3) is 4.88. The first kappa shape index (κ1) is 12.1. The fourth-order valence-electron chi connectivity index (χ4n) is 1.13. The molecule has 0 saturated heterocycles. The van der Waals surface area contributed by atoms with Crippen LogP contribution in [0.4, 0.5) is 0 Å². The largest absolute Gasteiger partial charge is 0.494 e. The molecule has 0 saturated carbocycles. The molecule has 0 radical (unpaired) electrons. The second-order valence-electron chi connectivity index (χ2n) is 3.28. The molecule has 0 heterocycles. The van der Waals surface area contributed by atoms with Crippen molar-refractivity contribution in [1.82, 2.24) is 0 Å². The van der Waals surface area contributed by atoms with Gasteiger partial charge in [-0.05, 0) is 24.1 Å². The normalized spacial score (nSPS) is 10.0. The Morgan fingerprint density at radius 1 is 1.47 bits per heavy atom. The summed E-state index contributed by atoms with van der Waals surface area (Å²) in [5, 5.41) is 0.148. The topological polar surface area (TPSA) is 26.3 Å². The summed E-state index contributed by atoms with van der Waals surface area (Å²) in [5.74, 6) is 1.61. The number of benzene rings is 1. The average molecular weight is 224 g/mol. The Balaban J connectivity index is 2.53. The number of rotatable bonds is 5. The lowest BCUT2D eigenvalue weighted by atomic mass is 10.2. The van der Waals surface area contributed by atoms with E-state index in [0.717, 1.165) is 30.1 Å². The molecule has 1 aromatic carbocycles. The van der Waals surface area contributed by atoms with Crippen molar-refractivity contribution in [2.24, 2.45) is 0 Å². The molecule has 0 fully saturated rings. The van der Waals surface area contributed by atoms with E-state index in [1.807, 2.05) is 24.3 Å². The first-order valence-corrected chi connectivity index (χ1v) is 6.06. The lowest BCUT2D eigenvalue weighted by molar-refractivity contribution is -0.109. The van der Waals surface area contributed by atoms with Crippen LogP contribution in [0, 0.1) is 0 Å². The Morgan fingerprint density at radius 2 is 2.27 bits per heavy atom. The molecule has 0 N–H and O–H groups in total. The van der Waals surface area contributed by atoms with Gasteiger partial charge in [0, 0.05) is 12.7 Å². The summed E-state index contributed by atoms with van der Waals surface area (Å²) in [6, 6.07) is 7.90. The van der Waals surface area contributed by atoms with Crippen molar-refractivity contribution < 1.29 is 9.53 Å². The molecule has 1 rings (SSSR count). The SMILES string of the molecule is CCCOc1cccc(CSC(C)=O)c1. The van der Waals surface area contributed by atoms with E-state index in [1.165, 1.54) is 11.8 Å². The van der Waals surface area contributed by atoms with Crippen LogP contribution >= 0.6 is 11.8 Å². The molecule has 0 aliphatic heterocycles. The highest BCUT2D eigenvalue weighted by Crippen LogP contribution is 2.18. The molecule has 0 atom stereocenters. The zero-order chi connectivity index (χ0) is 11.1. The molecule has 1 aromatic rings. The molecular weight excluding hydrogens is 208 g/mol. The molecule has 0 spiro atoms. The van der Waals surface area contributed by atoms with Crippen LogP contribution in [0.2, 0.25) is 0 Å². The third-order valence-electron chi connectivity index (χ3n) is 1.81. The summed E-state index contributed by atoms with van der Waals surface area (Å²) in [5.41, 5.74) is 1.13. The summed E-state index contributed by atoms with van der Waals surface area (Å²) in [4.78, 5) is 10.8. The maximum Gasteiger partial charge on any atom is 0.186 e. The quantitative estimate of drug-likeness (QED) is 0.768. The fourth-order valence-corrected chi connectivity index (χ4v) is 1.68. The summed E-state index contributed by atoms with van der Waals surface area (Å²) >= 11 is 1.32. The zero-order valence-corrected chi connectivity index (χ0v) is 9.97. The molecule has 15 heavy (non-hydrogen) atoms. The standard InChI is InChI=1S/C12H16O2S/c1-3-7-14-12-6-4-5-11(8-12)9-15-10(2)13/h4-6,8H,3,7,9H2,1-2H3. The highest BCUT2D eigenvalue weighted by Gasteiger charge is 1.99. The molecular formula is C12H16O2S. The van der Waals surface area contributed by atoms with Crippen LogP contribution in [-0.4, -0.2) is 11.7 Å². The van der Waals surface area contributed by atoms with Crippen molar-refractivity contribution in [2.75, 3.05) is 6.61 Å². The Kier molecular flexibility index (Phi) is 5.26. The van der Waals surface area contributed by atoms with Crippen LogP contribution in [0.5, 0.6) is 5.75 Å². The van der Waals surface area contributed by atoms with Gasteiger partial charge < -0.3 is 4.74 Å². The van der Waals surface area contributed by atoms with Crippen LogP contribution in [-0.2, 0) is 10.5 Å². The van der Waals surface area contributed by atoms with Gasteiger partial charge in [-0.3, -0.25) is 4.79 Å². The maximum atomic E-state index is 10.8. The Labute approximate surface area is 95.0 Å². The summed E-state index contributed by atoms with van der Waals surface area (Å²) in [6.07, 6.45) is 1.01. The highest BCUT2D eigenvalue weighted by atomic mass is 32.2. The fraction of sp³-hybridized carbons (Fsp3) is 0.417. The molecule has 0 aliphatic carbocycles.